The summed E-state index contributed by atoms with van der Waals surface area (Å²) >= 11 is 0. The summed E-state index contributed by atoms with van der Waals surface area (Å²) in [7, 11) is 0. The molecule has 0 aromatic rings. The van der Waals surface area contributed by atoms with Gasteiger partial charge in [0.1, 0.15) is 6.04 Å². The van der Waals surface area contributed by atoms with Gasteiger partial charge in [-0.15, -0.1) is 0 Å². The third-order valence-electron chi connectivity index (χ3n) is 3.87. The van der Waals surface area contributed by atoms with Crippen molar-refractivity contribution in [2.24, 2.45) is 17.6 Å². The van der Waals surface area contributed by atoms with Crippen LogP contribution in [0.1, 0.15) is 34.1 Å². The molecule has 4 heteroatoms. The van der Waals surface area contributed by atoms with E-state index in [0.717, 1.165) is 25.2 Å². The van der Waals surface area contributed by atoms with Gasteiger partial charge in [0, 0.05) is 13.2 Å². The van der Waals surface area contributed by atoms with Crippen LogP contribution in [-0.2, 0) is 14.3 Å². The zero-order valence-electron chi connectivity index (χ0n) is 13.0. The molecule has 1 aliphatic heterocycles. The van der Waals surface area contributed by atoms with Gasteiger partial charge in [-0.2, -0.15) is 0 Å². The van der Waals surface area contributed by atoms with Crippen LogP contribution in [0, 0.1) is 11.8 Å². The average molecular weight is 281 g/mol. The Morgan fingerprint density at radius 3 is 2.75 bits per heavy atom. The molecule has 0 amide bonds. The molecular formula is C16H27NO3. The van der Waals surface area contributed by atoms with Crippen LogP contribution in [0.4, 0.5) is 0 Å². The van der Waals surface area contributed by atoms with E-state index in [1.54, 1.807) is 6.92 Å². The summed E-state index contributed by atoms with van der Waals surface area (Å²) in [6, 6.07) is -0.675. The van der Waals surface area contributed by atoms with Crippen LogP contribution in [0.5, 0.6) is 0 Å². The minimum atomic E-state index is -0.675. The van der Waals surface area contributed by atoms with Gasteiger partial charge in [-0.05, 0) is 44.6 Å². The average Bonchev–Trinajstić information content (AvgIpc) is 2.44. The topological polar surface area (TPSA) is 61.5 Å². The predicted molar refractivity (Wildman–Crippen MR) is 80.2 cm³/mol. The molecule has 0 bridgehead atoms. The second-order valence-corrected chi connectivity index (χ2v) is 5.50. The number of hydrogen-bond acceptors (Lipinski definition) is 4. The van der Waals surface area contributed by atoms with Gasteiger partial charge in [0.25, 0.3) is 0 Å². The Bertz CT molecular complexity index is 387. The van der Waals surface area contributed by atoms with Crippen LogP contribution in [0.3, 0.4) is 0 Å². The molecule has 0 radical (unpaired) electrons. The Morgan fingerprint density at radius 1 is 1.45 bits per heavy atom. The van der Waals surface area contributed by atoms with Crippen molar-refractivity contribution in [1.29, 1.82) is 0 Å². The van der Waals surface area contributed by atoms with E-state index in [1.807, 2.05) is 13.0 Å². The van der Waals surface area contributed by atoms with E-state index in [2.05, 4.69) is 19.9 Å². The minimum absolute atomic E-state index is 0.355. The van der Waals surface area contributed by atoms with E-state index in [1.165, 1.54) is 5.57 Å². The molecule has 20 heavy (non-hydrogen) atoms. The molecule has 0 aliphatic carbocycles. The van der Waals surface area contributed by atoms with Crippen molar-refractivity contribution in [3.8, 4) is 0 Å². The number of carbonyl (C=O) groups excluding carboxylic acids is 1. The maximum Gasteiger partial charge on any atom is 0.327 e. The SMILES string of the molecule is CCOC(=O)C(N)C(C)=CC=C(C)C1CCOCC1C. The van der Waals surface area contributed by atoms with Crippen molar-refractivity contribution in [1.82, 2.24) is 0 Å². The Labute approximate surface area is 122 Å². The Morgan fingerprint density at radius 2 is 2.15 bits per heavy atom. The zero-order chi connectivity index (χ0) is 15.1. The molecule has 3 atom stereocenters. The highest BCUT2D eigenvalue weighted by molar-refractivity contribution is 5.79. The van der Waals surface area contributed by atoms with Crippen molar-refractivity contribution >= 4 is 5.97 Å². The molecule has 0 aromatic carbocycles. The van der Waals surface area contributed by atoms with Crippen LogP contribution in [-0.4, -0.2) is 31.8 Å². The number of ether oxygens (including phenoxy) is 2. The van der Waals surface area contributed by atoms with Gasteiger partial charge in [-0.1, -0.05) is 24.6 Å². The van der Waals surface area contributed by atoms with Crippen molar-refractivity contribution in [3.63, 3.8) is 0 Å². The fraction of sp³-hybridized carbons (Fsp3) is 0.688. The molecule has 1 fully saturated rings. The molecule has 1 heterocycles. The summed E-state index contributed by atoms with van der Waals surface area (Å²) in [4.78, 5) is 11.6. The number of rotatable bonds is 5. The van der Waals surface area contributed by atoms with Crippen molar-refractivity contribution in [3.05, 3.63) is 23.3 Å². The fourth-order valence-electron chi connectivity index (χ4n) is 2.46. The number of hydrogen-bond donors (Lipinski definition) is 1. The van der Waals surface area contributed by atoms with Crippen molar-refractivity contribution < 1.29 is 14.3 Å². The monoisotopic (exact) mass is 281 g/mol. The molecule has 1 aliphatic rings. The number of carbonyl (C=O) groups is 1. The predicted octanol–water partition coefficient (Wildman–Crippen LogP) is 2.44. The Kier molecular flexibility index (Phi) is 6.96. The van der Waals surface area contributed by atoms with Crippen LogP contribution < -0.4 is 5.73 Å². The van der Waals surface area contributed by atoms with Gasteiger partial charge in [0.05, 0.1) is 6.61 Å². The lowest BCUT2D eigenvalue weighted by molar-refractivity contribution is -0.143. The Hall–Kier alpha value is -1.13. The lowest BCUT2D eigenvalue weighted by Crippen LogP contribution is -2.33. The first-order chi connectivity index (χ1) is 9.47. The smallest absolute Gasteiger partial charge is 0.327 e. The van der Waals surface area contributed by atoms with E-state index < -0.39 is 6.04 Å². The number of nitrogens with two attached hydrogens (primary N) is 1. The lowest BCUT2D eigenvalue weighted by atomic mass is 9.84. The number of allylic oxidation sites excluding steroid dienone is 3. The summed E-state index contributed by atoms with van der Waals surface area (Å²) in [5, 5.41) is 0. The second kappa shape index (κ2) is 8.22. The van der Waals surface area contributed by atoms with E-state index in [9.17, 15) is 4.79 Å². The third kappa shape index (κ3) is 4.76. The van der Waals surface area contributed by atoms with Gasteiger partial charge in [0.2, 0.25) is 0 Å². The van der Waals surface area contributed by atoms with E-state index in [-0.39, 0.29) is 5.97 Å². The lowest BCUT2D eigenvalue weighted by Gasteiger charge is -2.29. The van der Waals surface area contributed by atoms with Gasteiger partial charge < -0.3 is 15.2 Å². The largest absolute Gasteiger partial charge is 0.465 e. The van der Waals surface area contributed by atoms with Crippen molar-refractivity contribution in [2.45, 2.75) is 40.2 Å². The highest BCUT2D eigenvalue weighted by Crippen LogP contribution is 2.28. The molecule has 4 nitrogen and oxygen atoms in total. The highest BCUT2D eigenvalue weighted by atomic mass is 16.5. The summed E-state index contributed by atoms with van der Waals surface area (Å²) in [5.74, 6) is 0.714. The van der Waals surface area contributed by atoms with E-state index in [4.69, 9.17) is 15.2 Å². The summed E-state index contributed by atoms with van der Waals surface area (Å²) in [6.45, 7) is 9.98. The normalized spacial score (nSPS) is 26.2. The maximum absolute atomic E-state index is 11.6. The first-order valence-electron chi connectivity index (χ1n) is 7.32. The molecule has 0 spiro atoms. The standard InChI is InChI=1S/C16H27NO3/c1-5-20-16(18)15(17)12(3)7-6-11(2)14-8-9-19-10-13(14)4/h6-7,13-15H,5,8-10,17H2,1-4H3. The van der Waals surface area contributed by atoms with Crippen LogP contribution in [0.15, 0.2) is 23.3 Å². The molecule has 2 N–H and O–H groups in total. The van der Waals surface area contributed by atoms with Gasteiger partial charge in [-0.25, -0.2) is 0 Å². The molecule has 1 rings (SSSR count). The summed E-state index contributed by atoms with van der Waals surface area (Å²) in [5.41, 5.74) is 7.98. The third-order valence-corrected chi connectivity index (χ3v) is 3.87. The van der Waals surface area contributed by atoms with Crippen LogP contribution >= 0.6 is 0 Å². The first-order valence-corrected chi connectivity index (χ1v) is 7.32. The summed E-state index contributed by atoms with van der Waals surface area (Å²) < 4.78 is 10.4. The minimum Gasteiger partial charge on any atom is -0.465 e. The molecular weight excluding hydrogens is 254 g/mol. The second-order valence-electron chi connectivity index (χ2n) is 5.50. The van der Waals surface area contributed by atoms with Gasteiger partial charge in [0.15, 0.2) is 0 Å². The van der Waals surface area contributed by atoms with E-state index in [0.29, 0.717) is 18.4 Å². The molecule has 114 valence electrons. The molecule has 3 unspecified atom stereocenters. The van der Waals surface area contributed by atoms with Crippen molar-refractivity contribution in [2.75, 3.05) is 19.8 Å². The quantitative estimate of drug-likeness (QED) is 0.621. The highest BCUT2D eigenvalue weighted by Gasteiger charge is 2.23. The molecule has 0 saturated carbocycles. The zero-order valence-corrected chi connectivity index (χ0v) is 13.0. The maximum atomic E-state index is 11.6. The summed E-state index contributed by atoms with van der Waals surface area (Å²) in [6.07, 6.45) is 5.06. The van der Waals surface area contributed by atoms with Gasteiger partial charge >= 0.3 is 5.97 Å². The first kappa shape index (κ1) is 16.9. The van der Waals surface area contributed by atoms with E-state index >= 15 is 0 Å². The molecule has 0 aromatic heterocycles. The van der Waals surface area contributed by atoms with Crippen LogP contribution in [0.2, 0.25) is 0 Å². The van der Waals surface area contributed by atoms with Crippen LogP contribution in [0.25, 0.3) is 0 Å². The Balaban J connectivity index is 2.67. The van der Waals surface area contributed by atoms with Gasteiger partial charge in [-0.3, -0.25) is 4.79 Å². The molecule has 1 saturated heterocycles. The number of esters is 1. The fourth-order valence-corrected chi connectivity index (χ4v) is 2.46.